The summed E-state index contributed by atoms with van der Waals surface area (Å²) >= 11 is 0. The van der Waals surface area contributed by atoms with E-state index in [1.807, 2.05) is 25.1 Å². The fourth-order valence-electron chi connectivity index (χ4n) is 1.94. The van der Waals surface area contributed by atoms with Crippen LogP contribution in [0, 0.1) is 0 Å². The predicted octanol–water partition coefficient (Wildman–Crippen LogP) is 1.41. The Morgan fingerprint density at radius 1 is 1.40 bits per heavy atom. The number of ether oxygens (including phenoxy) is 2. The molecule has 1 aliphatic rings. The third kappa shape index (κ3) is 3.74. The average Bonchev–Trinajstić information content (AvgIpc) is 2.50. The second kappa shape index (κ2) is 6.96. The summed E-state index contributed by atoms with van der Waals surface area (Å²) in [5, 5.41) is 5.90. The van der Waals surface area contributed by atoms with Crippen LogP contribution in [0.4, 0.5) is 0 Å². The number of carbonyl (C=O) groups excluding carboxylic acids is 1. The summed E-state index contributed by atoms with van der Waals surface area (Å²) in [6.07, 6.45) is 1.65. The van der Waals surface area contributed by atoms with Gasteiger partial charge in [-0.05, 0) is 24.6 Å². The Morgan fingerprint density at radius 3 is 2.90 bits per heavy atom. The zero-order chi connectivity index (χ0) is 14.4. The summed E-state index contributed by atoms with van der Waals surface area (Å²) in [6, 6.07) is 5.89. The van der Waals surface area contributed by atoms with E-state index in [0.717, 1.165) is 17.1 Å². The summed E-state index contributed by atoms with van der Waals surface area (Å²) in [5.74, 6) is 1.49. The van der Waals surface area contributed by atoms with Crippen molar-refractivity contribution in [1.29, 1.82) is 0 Å². The highest BCUT2D eigenvalue weighted by Gasteiger charge is 2.14. The van der Waals surface area contributed by atoms with Gasteiger partial charge in [-0.2, -0.15) is 0 Å². The van der Waals surface area contributed by atoms with Gasteiger partial charge in [-0.15, -0.1) is 6.58 Å². The van der Waals surface area contributed by atoms with Crippen molar-refractivity contribution >= 4 is 5.91 Å². The number of hydrogen-bond acceptors (Lipinski definition) is 4. The summed E-state index contributed by atoms with van der Waals surface area (Å²) in [7, 11) is 0. The molecule has 1 aromatic rings. The molecule has 0 fully saturated rings. The first-order valence-electron chi connectivity index (χ1n) is 6.71. The van der Waals surface area contributed by atoms with E-state index in [4.69, 9.17) is 9.47 Å². The van der Waals surface area contributed by atoms with Gasteiger partial charge in [0.1, 0.15) is 13.2 Å². The highest BCUT2D eigenvalue weighted by atomic mass is 16.6. The van der Waals surface area contributed by atoms with Gasteiger partial charge in [0.2, 0.25) is 5.91 Å². The Balaban J connectivity index is 1.90. The first kappa shape index (κ1) is 14.4. The molecule has 2 N–H and O–H groups in total. The number of hydrogen-bond donors (Lipinski definition) is 2. The van der Waals surface area contributed by atoms with E-state index in [1.54, 1.807) is 6.08 Å². The first-order valence-corrected chi connectivity index (χ1v) is 6.71. The Hall–Kier alpha value is -2.01. The van der Waals surface area contributed by atoms with Crippen molar-refractivity contribution in [2.75, 3.05) is 26.3 Å². The van der Waals surface area contributed by atoms with Gasteiger partial charge in [0.25, 0.3) is 0 Å². The number of rotatable bonds is 6. The summed E-state index contributed by atoms with van der Waals surface area (Å²) in [6.45, 7) is 7.47. The van der Waals surface area contributed by atoms with E-state index in [0.29, 0.717) is 19.8 Å². The molecule has 1 heterocycles. The normalized spacial score (nSPS) is 14.4. The SMILES string of the molecule is C=CCNC(=O)CN[C@H](C)c1ccc2c(c1)OCCO2. The lowest BCUT2D eigenvalue weighted by atomic mass is 10.1. The molecule has 1 aliphatic heterocycles. The lowest BCUT2D eigenvalue weighted by molar-refractivity contribution is -0.120. The van der Waals surface area contributed by atoms with E-state index in [1.165, 1.54) is 0 Å². The molecule has 0 aromatic heterocycles. The summed E-state index contributed by atoms with van der Waals surface area (Å²) in [5.41, 5.74) is 1.06. The van der Waals surface area contributed by atoms with Crippen molar-refractivity contribution in [3.05, 3.63) is 36.4 Å². The molecule has 0 spiro atoms. The number of fused-ring (bicyclic) bond motifs is 1. The molecule has 0 unspecified atom stereocenters. The topological polar surface area (TPSA) is 59.6 Å². The Labute approximate surface area is 119 Å². The van der Waals surface area contributed by atoms with Crippen molar-refractivity contribution in [2.24, 2.45) is 0 Å². The monoisotopic (exact) mass is 276 g/mol. The van der Waals surface area contributed by atoms with Crippen LogP contribution in [0.2, 0.25) is 0 Å². The van der Waals surface area contributed by atoms with Crippen LogP contribution in [0.3, 0.4) is 0 Å². The van der Waals surface area contributed by atoms with Gasteiger partial charge in [-0.3, -0.25) is 4.79 Å². The third-order valence-electron chi connectivity index (χ3n) is 3.08. The maximum atomic E-state index is 11.5. The van der Waals surface area contributed by atoms with Crippen molar-refractivity contribution in [1.82, 2.24) is 10.6 Å². The minimum absolute atomic E-state index is 0.0470. The smallest absolute Gasteiger partial charge is 0.234 e. The number of benzene rings is 1. The molecule has 0 aliphatic carbocycles. The van der Waals surface area contributed by atoms with Crippen molar-refractivity contribution < 1.29 is 14.3 Å². The van der Waals surface area contributed by atoms with Crippen LogP contribution < -0.4 is 20.1 Å². The van der Waals surface area contributed by atoms with E-state index in [-0.39, 0.29) is 18.5 Å². The van der Waals surface area contributed by atoms with Gasteiger partial charge >= 0.3 is 0 Å². The van der Waals surface area contributed by atoms with Gasteiger partial charge < -0.3 is 20.1 Å². The summed E-state index contributed by atoms with van der Waals surface area (Å²) < 4.78 is 11.0. The van der Waals surface area contributed by atoms with Gasteiger partial charge in [-0.1, -0.05) is 12.1 Å². The number of nitrogens with one attached hydrogen (secondary N) is 2. The van der Waals surface area contributed by atoms with Gasteiger partial charge in [0.05, 0.1) is 6.54 Å². The van der Waals surface area contributed by atoms with Crippen molar-refractivity contribution in [2.45, 2.75) is 13.0 Å². The molecule has 1 aromatic carbocycles. The zero-order valence-electron chi connectivity index (χ0n) is 11.6. The molecule has 0 saturated heterocycles. The standard InChI is InChI=1S/C15H20N2O3/c1-3-6-16-15(18)10-17-11(2)12-4-5-13-14(9-12)20-8-7-19-13/h3-5,9,11,17H,1,6-8,10H2,2H3,(H,16,18)/t11-/m1/s1. The van der Waals surface area contributed by atoms with Crippen LogP contribution >= 0.6 is 0 Å². The van der Waals surface area contributed by atoms with Crippen LogP contribution in [0.15, 0.2) is 30.9 Å². The summed E-state index contributed by atoms with van der Waals surface area (Å²) in [4.78, 5) is 11.5. The largest absolute Gasteiger partial charge is 0.486 e. The average molecular weight is 276 g/mol. The molecule has 108 valence electrons. The van der Waals surface area contributed by atoms with E-state index in [2.05, 4.69) is 17.2 Å². The highest BCUT2D eigenvalue weighted by Crippen LogP contribution is 2.32. The van der Waals surface area contributed by atoms with Gasteiger partial charge in [0.15, 0.2) is 11.5 Å². The van der Waals surface area contributed by atoms with Gasteiger partial charge in [0, 0.05) is 12.6 Å². The first-order chi connectivity index (χ1) is 9.70. The molecule has 1 amide bonds. The zero-order valence-corrected chi connectivity index (χ0v) is 11.6. The van der Waals surface area contributed by atoms with E-state index >= 15 is 0 Å². The number of amides is 1. The molecule has 5 heteroatoms. The van der Waals surface area contributed by atoms with Crippen molar-refractivity contribution in [3.8, 4) is 11.5 Å². The second-order valence-corrected chi connectivity index (χ2v) is 4.60. The Bertz CT molecular complexity index is 488. The lowest BCUT2D eigenvalue weighted by Crippen LogP contribution is -2.35. The van der Waals surface area contributed by atoms with Crippen LogP contribution in [-0.2, 0) is 4.79 Å². The molecule has 2 rings (SSSR count). The van der Waals surface area contributed by atoms with Crippen LogP contribution in [0.1, 0.15) is 18.5 Å². The van der Waals surface area contributed by atoms with Crippen LogP contribution in [-0.4, -0.2) is 32.2 Å². The maximum absolute atomic E-state index is 11.5. The third-order valence-corrected chi connectivity index (χ3v) is 3.08. The second-order valence-electron chi connectivity index (χ2n) is 4.60. The fourth-order valence-corrected chi connectivity index (χ4v) is 1.94. The number of carbonyl (C=O) groups is 1. The van der Waals surface area contributed by atoms with E-state index in [9.17, 15) is 4.79 Å². The Kier molecular flexibility index (Phi) is 5.01. The maximum Gasteiger partial charge on any atom is 0.234 e. The molecular formula is C15H20N2O3. The predicted molar refractivity (Wildman–Crippen MR) is 77.1 cm³/mol. The van der Waals surface area contributed by atoms with Gasteiger partial charge in [-0.25, -0.2) is 0 Å². The fraction of sp³-hybridized carbons (Fsp3) is 0.400. The molecule has 0 bridgehead atoms. The highest BCUT2D eigenvalue weighted by molar-refractivity contribution is 5.78. The Morgan fingerprint density at radius 2 is 2.15 bits per heavy atom. The lowest BCUT2D eigenvalue weighted by Gasteiger charge is -2.21. The molecule has 0 radical (unpaired) electrons. The molecule has 0 saturated carbocycles. The van der Waals surface area contributed by atoms with E-state index < -0.39 is 0 Å². The molecule has 20 heavy (non-hydrogen) atoms. The minimum atomic E-state index is -0.0470. The molecule has 5 nitrogen and oxygen atoms in total. The van der Waals surface area contributed by atoms with Crippen LogP contribution in [0.25, 0.3) is 0 Å². The quantitative estimate of drug-likeness (QED) is 0.771. The molecular weight excluding hydrogens is 256 g/mol. The van der Waals surface area contributed by atoms with Crippen molar-refractivity contribution in [3.63, 3.8) is 0 Å². The van der Waals surface area contributed by atoms with Crippen LogP contribution in [0.5, 0.6) is 11.5 Å². The minimum Gasteiger partial charge on any atom is -0.486 e. The molecule has 1 atom stereocenters.